The normalized spacial score (nSPS) is 18.8. The maximum absolute atomic E-state index is 14.5. The Morgan fingerprint density at radius 2 is 1.76 bits per heavy atom. The van der Waals surface area contributed by atoms with Crippen LogP contribution in [0.4, 0.5) is 8.78 Å². The molecule has 6 rings (SSSR count). The number of likely N-dealkylation sites (tertiary alicyclic amines) is 1. The number of benzene rings is 3. The topological polar surface area (TPSA) is 49.6 Å². The summed E-state index contributed by atoms with van der Waals surface area (Å²) in [5.74, 6) is -0.768. The molecule has 0 N–H and O–H groups in total. The van der Waals surface area contributed by atoms with Gasteiger partial charge in [0.15, 0.2) is 5.58 Å². The van der Waals surface area contributed by atoms with Crippen molar-refractivity contribution in [1.29, 1.82) is 0 Å². The van der Waals surface area contributed by atoms with Gasteiger partial charge in [0.25, 0.3) is 5.91 Å². The Balaban J connectivity index is 1.15. The van der Waals surface area contributed by atoms with Gasteiger partial charge in [-0.05, 0) is 74.2 Å². The molecule has 3 aromatic carbocycles. The van der Waals surface area contributed by atoms with Crippen LogP contribution in [-0.2, 0) is 6.42 Å². The Labute approximate surface area is 214 Å². The molecule has 0 spiro atoms. The lowest BCUT2D eigenvalue weighted by Gasteiger charge is -2.39. The van der Waals surface area contributed by atoms with Crippen molar-refractivity contribution in [2.75, 3.05) is 26.2 Å². The first-order valence-electron chi connectivity index (χ1n) is 13.0. The van der Waals surface area contributed by atoms with Gasteiger partial charge in [-0.2, -0.15) is 0 Å². The van der Waals surface area contributed by atoms with E-state index in [1.54, 1.807) is 24.3 Å². The van der Waals surface area contributed by atoms with Crippen molar-refractivity contribution in [3.05, 3.63) is 101 Å². The van der Waals surface area contributed by atoms with Crippen LogP contribution in [-0.4, -0.2) is 47.0 Å². The number of nitrogens with zero attached hydrogens (tertiary/aromatic N) is 3. The molecule has 1 saturated heterocycles. The summed E-state index contributed by atoms with van der Waals surface area (Å²) in [5.41, 5.74) is 3.96. The molecule has 1 atom stereocenters. The first-order chi connectivity index (χ1) is 18.1. The van der Waals surface area contributed by atoms with E-state index in [9.17, 15) is 13.6 Å². The van der Waals surface area contributed by atoms with E-state index in [-0.39, 0.29) is 29.2 Å². The summed E-state index contributed by atoms with van der Waals surface area (Å²) in [4.78, 5) is 17.7. The molecule has 2 aliphatic heterocycles. The molecule has 0 bridgehead atoms. The second-order valence-corrected chi connectivity index (χ2v) is 10.1. The van der Waals surface area contributed by atoms with Crippen LogP contribution >= 0.6 is 0 Å². The summed E-state index contributed by atoms with van der Waals surface area (Å²) in [5, 5.41) is 5.15. The van der Waals surface area contributed by atoms with Gasteiger partial charge in [0, 0.05) is 30.5 Å². The van der Waals surface area contributed by atoms with Crippen LogP contribution in [0.5, 0.6) is 0 Å². The minimum atomic E-state index is -0.477. The number of carbonyl (C=O) groups excluding carboxylic acids is 1. The smallest absolute Gasteiger partial charge is 0.257 e. The van der Waals surface area contributed by atoms with Gasteiger partial charge in [0.2, 0.25) is 0 Å². The maximum atomic E-state index is 14.5. The monoisotopic (exact) mass is 501 g/mol. The third-order valence-corrected chi connectivity index (χ3v) is 7.93. The van der Waals surface area contributed by atoms with Gasteiger partial charge in [-0.15, -0.1) is 0 Å². The number of rotatable bonds is 5. The van der Waals surface area contributed by atoms with E-state index < -0.39 is 5.82 Å². The summed E-state index contributed by atoms with van der Waals surface area (Å²) >= 11 is 0. The van der Waals surface area contributed by atoms with Crippen molar-refractivity contribution < 1.29 is 18.1 Å². The number of carbonyl (C=O) groups is 1. The number of halogens is 2. The molecule has 190 valence electrons. The van der Waals surface area contributed by atoms with Crippen molar-refractivity contribution in [2.24, 2.45) is 0 Å². The molecular formula is C30H29F2N3O2. The minimum Gasteiger partial charge on any atom is -0.356 e. The first kappa shape index (κ1) is 23.8. The van der Waals surface area contributed by atoms with Crippen LogP contribution < -0.4 is 0 Å². The van der Waals surface area contributed by atoms with Crippen LogP contribution in [0.1, 0.15) is 58.4 Å². The molecule has 7 heteroatoms. The van der Waals surface area contributed by atoms with Crippen LogP contribution in [0.3, 0.4) is 0 Å². The van der Waals surface area contributed by atoms with Crippen LogP contribution in [0.15, 0.2) is 71.3 Å². The lowest BCUT2D eigenvalue weighted by atomic mass is 9.89. The molecule has 2 aliphatic rings. The molecule has 5 nitrogen and oxygen atoms in total. The van der Waals surface area contributed by atoms with Gasteiger partial charge >= 0.3 is 0 Å². The average Bonchev–Trinajstić information content (AvgIpc) is 3.35. The second-order valence-electron chi connectivity index (χ2n) is 10.1. The summed E-state index contributed by atoms with van der Waals surface area (Å²) in [7, 11) is 0. The van der Waals surface area contributed by atoms with E-state index in [1.807, 2.05) is 17.0 Å². The highest BCUT2D eigenvalue weighted by atomic mass is 19.1. The fourth-order valence-corrected chi connectivity index (χ4v) is 5.96. The van der Waals surface area contributed by atoms with Crippen molar-refractivity contribution in [3.8, 4) is 0 Å². The standard InChI is InChI=1S/C30H29F2N3O2/c31-22-9-10-25-28(19-22)37-33-29(25)21-11-15-34(16-12-21)17-14-27-23-6-2-1-5-20(23)13-18-35(27)30(36)24-7-3-4-8-26(24)32/h1-10,19,21,27H,11-18H2. The molecule has 0 saturated carbocycles. The van der Waals surface area contributed by atoms with Gasteiger partial charge in [-0.25, -0.2) is 8.78 Å². The van der Waals surface area contributed by atoms with E-state index in [2.05, 4.69) is 22.2 Å². The lowest BCUT2D eigenvalue weighted by molar-refractivity contribution is 0.0625. The Morgan fingerprint density at radius 1 is 0.973 bits per heavy atom. The van der Waals surface area contributed by atoms with Gasteiger partial charge in [-0.3, -0.25) is 4.79 Å². The van der Waals surface area contributed by atoms with E-state index in [0.29, 0.717) is 12.1 Å². The summed E-state index contributed by atoms with van der Waals surface area (Å²) in [6.07, 6.45) is 3.44. The fourth-order valence-electron chi connectivity index (χ4n) is 5.96. The van der Waals surface area contributed by atoms with Gasteiger partial charge in [-0.1, -0.05) is 41.6 Å². The average molecular weight is 502 g/mol. The Hall–Kier alpha value is -3.58. The van der Waals surface area contributed by atoms with Crippen LogP contribution in [0.2, 0.25) is 0 Å². The summed E-state index contributed by atoms with van der Waals surface area (Å²) in [6.45, 7) is 3.25. The highest BCUT2D eigenvalue weighted by Gasteiger charge is 2.33. The van der Waals surface area contributed by atoms with Gasteiger partial charge < -0.3 is 14.3 Å². The van der Waals surface area contributed by atoms with E-state index in [4.69, 9.17) is 4.52 Å². The molecule has 1 unspecified atom stereocenters. The predicted molar refractivity (Wildman–Crippen MR) is 137 cm³/mol. The zero-order valence-electron chi connectivity index (χ0n) is 20.6. The Kier molecular flexibility index (Phi) is 6.47. The third kappa shape index (κ3) is 4.64. The number of amides is 1. The number of hydrogen-bond donors (Lipinski definition) is 0. The van der Waals surface area contributed by atoms with Crippen LogP contribution in [0.25, 0.3) is 11.0 Å². The number of aromatic nitrogens is 1. The highest BCUT2D eigenvalue weighted by Crippen LogP contribution is 2.36. The molecule has 1 aromatic heterocycles. The molecule has 0 radical (unpaired) electrons. The predicted octanol–water partition coefficient (Wildman–Crippen LogP) is 6.12. The summed E-state index contributed by atoms with van der Waals surface area (Å²) < 4.78 is 33.4. The van der Waals surface area contributed by atoms with Crippen molar-refractivity contribution in [2.45, 2.75) is 37.6 Å². The molecular weight excluding hydrogens is 472 g/mol. The van der Waals surface area contributed by atoms with E-state index in [0.717, 1.165) is 62.0 Å². The number of fused-ring (bicyclic) bond motifs is 2. The minimum absolute atomic E-state index is 0.0934. The molecule has 1 amide bonds. The summed E-state index contributed by atoms with van der Waals surface area (Å²) in [6, 6.07) is 19.0. The Bertz CT molecular complexity index is 1430. The molecule has 1 fully saturated rings. The highest BCUT2D eigenvalue weighted by molar-refractivity contribution is 5.95. The molecule has 4 aromatic rings. The van der Waals surface area contributed by atoms with Crippen molar-refractivity contribution in [1.82, 2.24) is 15.0 Å². The molecule has 0 aliphatic carbocycles. The van der Waals surface area contributed by atoms with Gasteiger partial charge in [0.1, 0.15) is 11.6 Å². The zero-order valence-corrected chi connectivity index (χ0v) is 20.6. The maximum Gasteiger partial charge on any atom is 0.257 e. The zero-order chi connectivity index (χ0) is 25.4. The van der Waals surface area contributed by atoms with Gasteiger partial charge in [0.05, 0.1) is 17.3 Å². The van der Waals surface area contributed by atoms with E-state index in [1.165, 1.54) is 23.8 Å². The third-order valence-electron chi connectivity index (χ3n) is 7.93. The number of hydrogen-bond acceptors (Lipinski definition) is 4. The van der Waals surface area contributed by atoms with Crippen molar-refractivity contribution in [3.63, 3.8) is 0 Å². The van der Waals surface area contributed by atoms with E-state index >= 15 is 0 Å². The molecule has 3 heterocycles. The largest absolute Gasteiger partial charge is 0.356 e. The Morgan fingerprint density at radius 3 is 2.59 bits per heavy atom. The fraction of sp³-hybridized carbons (Fsp3) is 0.333. The van der Waals surface area contributed by atoms with Crippen molar-refractivity contribution >= 4 is 16.9 Å². The van der Waals surface area contributed by atoms with Crippen LogP contribution in [0, 0.1) is 11.6 Å². The SMILES string of the molecule is O=C(c1ccccc1F)N1CCc2ccccc2C1CCN1CCC(c2noc3cc(F)ccc23)CC1. The number of piperidine rings is 1. The second kappa shape index (κ2) is 10.1. The lowest BCUT2D eigenvalue weighted by Crippen LogP contribution is -2.42. The molecule has 37 heavy (non-hydrogen) atoms. The first-order valence-corrected chi connectivity index (χ1v) is 13.0. The quantitative estimate of drug-likeness (QED) is 0.331.